The molecular formula is C6H2Br3O2P. The van der Waals surface area contributed by atoms with E-state index in [1.54, 1.807) is 0 Å². The molecule has 0 aliphatic carbocycles. The summed E-state index contributed by atoms with van der Waals surface area (Å²) >= 11 is 10.3. The van der Waals surface area contributed by atoms with E-state index in [0.717, 1.165) is 24.5 Å². The Kier molecular flexibility index (Phi) is 2.78. The first-order valence-corrected chi connectivity index (χ1v) is 6.26. The van der Waals surface area contributed by atoms with Crippen molar-refractivity contribution in [1.29, 1.82) is 0 Å². The molecule has 0 aromatic heterocycles. The third kappa shape index (κ3) is 1.46. The van der Waals surface area contributed by atoms with Crippen molar-refractivity contribution >= 4 is 61.9 Å². The van der Waals surface area contributed by atoms with Gasteiger partial charge in [0, 0.05) is 19.5 Å². The highest BCUT2D eigenvalue weighted by atomic mass is 79.9. The van der Waals surface area contributed by atoms with Gasteiger partial charge in [-0.05, 0) is 47.8 Å². The van der Waals surface area contributed by atoms with E-state index >= 15 is 0 Å². The topological polar surface area (TPSA) is 18.5 Å². The van der Waals surface area contributed by atoms with Crippen molar-refractivity contribution < 1.29 is 9.56 Å². The van der Waals surface area contributed by atoms with Crippen molar-refractivity contribution in [2.24, 2.45) is 0 Å². The number of hydrogen-bond donors (Lipinski definition) is 0. The molecule has 64 valence electrons. The molecule has 0 amide bonds. The quantitative estimate of drug-likeness (QED) is 0.392. The number of benzene rings is 1. The predicted octanol–water partition coefficient (Wildman–Crippen LogP) is 3.52. The molecule has 6 heteroatoms. The molecule has 0 saturated carbocycles. The van der Waals surface area contributed by atoms with Crippen LogP contribution in [0.2, 0.25) is 0 Å². The van der Waals surface area contributed by atoms with Gasteiger partial charge in [0.25, 0.3) is 0 Å². The molecule has 0 spiro atoms. The SMILES string of the molecule is Brc1cc2c(c(Br)c1Br)POO2. The molecule has 12 heavy (non-hydrogen) atoms. The molecule has 1 aromatic carbocycles. The minimum absolute atomic E-state index is 0.251. The van der Waals surface area contributed by atoms with Crippen molar-refractivity contribution in [2.75, 3.05) is 0 Å². The molecule has 0 radical (unpaired) electrons. The summed E-state index contributed by atoms with van der Waals surface area (Å²) < 4.78 is 7.79. The minimum atomic E-state index is 0.251. The standard InChI is InChI=1S/C6H2Br3O2P/c7-2-1-3-6(12-11-10-3)5(9)4(2)8/h1,12H. The van der Waals surface area contributed by atoms with Crippen molar-refractivity contribution in [3.8, 4) is 5.75 Å². The lowest BCUT2D eigenvalue weighted by molar-refractivity contribution is -0.0731. The zero-order chi connectivity index (χ0) is 8.72. The molecular weight excluding hydrogens is 375 g/mol. The maximum absolute atomic E-state index is 4.95. The van der Waals surface area contributed by atoms with Gasteiger partial charge in [-0.3, -0.25) is 0 Å². The van der Waals surface area contributed by atoms with Crippen LogP contribution in [-0.2, 0) is 4.67 Å². The first kappa shape index (κ1) is 9.41. The van der Waals surface area contributed by atoms with Gasteiger partial charge in [-0.25, -0.2) is 0 Å². The molecule has 1 aromatic rings. The maximum atomic E-state index is 4.95. The monoisotopic (exact) mass is 374 g/mol. The van der Waals surface area contributed by atoms with Gasteiger partial charge in [0.05, 0.1) is 5.30 Å². The summed E-state index contributed by atoms with van der Waals surface area (Å²) in [6.45, 7) is 0. The predicted molar refractivity (Wildman–Crippen MR) is 59.2 cm³/mol. The van der Waals surface area contributed by atoms with E-state index in [-0.39, 0.29) is 8.81 Å². The van der Waals surface area contributed by atoms with Crippen LogP contribution < -0.4 is 10.2 Å². The summed E-state index contributed by atoms with van der Waals surface area (Å²) in [6.07, 6.45) is 0. The van der Waals surface area contributed by atoms with Crippen LogP contribution in [0.5, 0.6) is 5.75 Å². The Labute approximate surface area is 96.2 Å². The summed E-state index contributed by atoms with van der Waals surface area (Å²) in [5, 5.41) is 1.06. The molecule has 2 rings (SSSR count). The third-order valence-corrected chi connectivity index (χ3v) is 5.94. The minimum Gasteiger partial charge on any atom is -0.333 e. The summed E-state index contributed by atoms with van der Waals surface area (Å²) in [7, 11) is 0.251. The van der Waals surface area contributed by atoms with Crippen LogP contribution in [0.25, 0.3) is 0 Å². The van der Waals surface area contributed by atoms with Crippen LogP contribution in [0.1, 0.15) is 0 Å². The van der Waals surface area contributed by atoms with Crippen molar-refractivity contribution in [2.45, 2.75) is 0 Å². The molecule has 1 atom stereocenters. The highest BCUT2D eigenvalue weighted by Gasteiger charge is 2.21. The Balaban J connectivity index is 2.67. The van der Waals surface area contributed by atoms with E-state index < -0.39 is 0 Å². The van der Waals surface area contributed by atoms with E-state index in [9.17, 15) is 0 Å². The summed E-state index contributed by atoms with van der Waals surface area (Å²) in [5.74, 6) is 0.773. The number of rotatable bonds is 0. The second kappa shape index (κ2) is 3.54. The maximum Gasteiger partial charge on any atom is 0.177 e. The zero-order valence-corrected chi connectivity index (χ0v) is 11.3. The van der Waals surface area contributed by atoms with Crippen LogP contribution in [0.15, 0.2) is 19.5 Å². The van der Waals surface area contributed by atoms with Gasteiger partial charge >= 0.3 is 0 Å². The number of halogens is 3. The average molecular weight is 377 g/mol. The third-order valence-electron chi connectivity index (χ3n) is 1.40. The lowest BCUT2D eigenvalue weighted by Crippen LogP contribution is -1.96. The van der Waals surface area contributed by atoms with Gasteiger partial charge in [-0.2, -0.15) is 4.67 Å². The zero-order valence-electron chi connectivity index (χ0n) is 5.53. The molecule has 1 unspecified atom stereocenters. The van der Waals surface area contributed by atoms with Crippen LogP contribution in [-0.4, -0.2) is 0 Å². The molecule has 1 aliphatic heterocycles. The number of fused-ring (bicyclic) bond motifs is 1. The van der Waals surface area contributed by atoms with E-state index in [4.69, 9.17) is 9.56 Å². The van der Waals surface area contributed by atoms with E-state index in [0.29, 0.717) is 0 Å². The van der Waals surface area contributed by atoms with Gasteiger partial charge in [0.2, 0.25) is 0 Å². The second-order valence-corrected chi connectivity index (χ2v) is 5.44. The van der Waals surface area contributed by atoms with Gasteiger partial charge in [-0.1, -0.05) is 0 Å². The highest BCUT2D eigenvalue weighted by Crippen LogP contribution is 2.41. The Morgan fingerprint density at radius 1 is 1.17 bits per heavy atom. The lowest BCUT2D eigenvalue weighted by atomic mass is 10.3. The highest BCUT2D eigenvalue weighted by molar-refractivity contribution is 9.14. The van der Waals surface area contributed by atoms with Crippen molar-refractivity contribution in [3.05, 3.63) is 19.5 Å². The molecule has 0 saturated heterocycles. The van der Waals surface area contributed by atoms with Crippen LogP contribution in [0, 0.1) is 0 Å². The van der Waals surface area contributed by atoms with Crippen molar-refractivity contribution in [3.63, 3.8) is 0 Å². The second-order valence-electron chi connectivity index (χ2n) is 2.13. The Morgan fingerprint density at radius 3 is 2.67 bits per heavy atom. The molecule has 0 fully saturated rings. The van der Waals surface area contributed by atoms with Gasteiger partial charge in [0.15, 0.2) is 5.75 Å². The number of hydrogen-bond acceptors (Lipinski definition) is 2. The first-order valence-electron chi connectivity index (χ1n) is 2.97. The van der Waals surface area contributed by atoms with Gasteiger partial charge < -0.3 is 4.89 Å². The Bertz CT molecular complexity index is 342. The van der Waals surface area contributed by atoms with E-state index in [1.165, 1.54) is 0 Å². The lowest BCUT2D eigenvalue weighted by Gasteiger charge is -2.02. The van der Waals surface area contributed by atoms with Crippen LogP contribution in [0.3, 0.4) is 0 Å². The summed E-state index contributed by atoms with van der Waals surface area (Å²) in [6, 6.07) is 1.88. The summed E-state index contributed by atoms with van der Waals surface area (Å²) in [4.78, 5) is 4.95. The van der Waals surface area contributed by atoms with Crippen LogP contribution >= 0.6 is 56.6 Å². The molecule has 1 aliphatic rings. The Morgan fingerprint density at radius 2 is 1.92 bits per heavy atom. The molecule has 0 bridgehead atoms. The smallest absolute Gasteiger partial charge is 0.177 e. The largest absolute Gasteiger partial charge is 0.333 e. The fourth-order valence-electron chi connectivity index (χ4n) is 0.842. The van der Waals surface area contributed by atoms with Crippen LogP contribution in [0.4, 0.5) is 0 Å². The Hall–Kier alpha value is 0.850. The van der Waals surface area contributed by atoms with Gasteiger partial charge in [0.1, 0.15) is 8.81 Å². The normalized spacial score (nSPS) is 16.2. The van der Waals surface area contributed by atoms with Gasteiger partial charge in [-0.15, -0.1) is 0 Å². The molecule has 2 nitrogen and oxygen atoms in total. The van der Waals surface area contributed by atoms with Crippen molar-refractivity contribution in [1.82, 2.24) is 0 Å². The average Bonchev–Trinajstić information content (AvgIpc) is 2.48. The molecule has 0 N–H and O–H groups in total. The van der Waals surface area contributed by atoms with E-state index in [1.807, 2.05) is 6.07 Å². The fraction of sp³-hybridized carbons (Fsp3) is 0. The molecule has 1 heterocycles. The van der Waals surface area contributed by atoms with E-state index in [2.05, 4.69) is 47.8 Å². The fourth-order valence-corrected chi connectivity index (χ4v) is 3.31. The summed E-state index contributed by atoms with van der Waals surface area (Å²) in [5.41, 5.74) is 0. The first-order chi connectivity index (χ1) is 5.70.